The predicted molar refractivity (Wildman–Crippen MR) is 71.3 cm³/mol. The van der Waals surface area contributed by atoms with Crippen molar-refractivity contribution in [3.05, 3.63) is 65.2 Å². The highest BCUT2D eigenvalue weighted by Gasteiger charge is 2.24. The third-order valence-corrected chi connectivity index (χ3v) is 3.09. The highest BCUT2D eigenvalue weighted by molar-refractivity contribution is 6.02. The number of carbonyl (C=O) groups is 2. The number of hydrogen-bond donors (Lipinski definition) is 0. The van der Waals surface area contributed by atoms with E-state index in [4.69, 9.17) is 4.74 Å². The van der Waals surface area contributed by atoms with Crippen molar-refractivity contribution in [2.75, 3.05) is 0 Å². The first-order valence-corrected chi connectivity index (χ1v) is 6.27. The minimum atomic E-state index is -0.592. The van der Waals surface area contributed by atoms with Crippen molar-refractivity contribution in [2.24, 2.45) is 0 Å². The van der Waals surface area contributed by atoms with Crippen LogP contribution in [-0.4, -0.2) is 11.9 Å². The molecule has 0 amide bonds. The molecule has 0 unspecified atom stereocenters. The zero-order valence-electron chi connectivity index (χ0n) is 10.7. The van der Waals surface area contributed by atoms with E-state index in [-0.39, 0.29) is 6.42 Å². The molecule has 0 aliphatic carbocycles. The van der Waals surface area contributed by atoms with E-state index >= 15 is 0 Å². The molecule has 0 saturated heterocycles. The third kappa shape index (κ3) is 2.54. The second kappa shape index (κ2) is 5.17. The number of benzene rings is 2. The van der Waals surface area contributed by atoms with E-state index in [0.29, 0.717) is 23.5 Å². The van der Waals surface area contributed by atoms with Crippen molar-refractivity contribution >= 4 is 11.9 Å². The first-order chi connectivity index (χ1) is 9.72. The summed E-state index contributed by atoms with van der Waals surface area (Å²) in [6.45, 7) is 0.442. The summed E-state index contributed by atoms with van der Waals surface area (Å²) in [5.74, 6) is -0.483. The van der Waals surface area contributed by atoms with Crippen molar-refractivity contribution in [3.63, 3.8) is 0 Å². The number of rotatable bonds is 3. The summed E-state index contributed by atoms with van der Waals surface area (Å²) in [6, 6.07) is 14.8. The zero-order valence-corrected chi connectivity index (χ0v) is 10.7. The molecule has 4 nitrogen and oxygen atoms in total. The second-order valence-corrected chi connectivity index (χ2v) is 4.53. The molecule has 2 aromatic rings. The Morgan fingerprint density at radius 2 is 1.85 bits per heavy atom. The minimum absolute atomic E-state index is 0.101. The molecule has 100 valence electrons. The van der Waals surface area contributed by atoms with Gasteiger partial charge in [-0.25, -0.2) is 4.79 Å². The monoisotopic (exact) mass is 268 g/mol. The Kier molecular flexibility index (Phi) is 3.21. The number of carbonyl (C=O) groups excluding carboxylic acids is 2. The first kappa shape index (κ1) is 12.4. The van der Waals surface area contributed by atoms with Gasteiger partial charge in [0.25, 0.3) is 0 Å². The fraction of sp³-hybridized carbons (Fsp3) is 0.125. The van der Waals surface area contributed by atoms with Gasteiger partial charge in [-0.3, -0.25) is 4.79 Å². The van der Waals surface area contributed by atoms with Gasteiger partial charge >= 0.3 is 11.9 Å². The Bertz CT molecular complexity index is 661. The van der Waals surface area contributed by atoms with Crippen LogP contribution in [-0.2, 0) is 22.6 Å². The van der Waals surface area contributed by atoms with E-state index in [0.717, 1.165) is 5.56 Å². The molecular formula is C16H12O4. The Hall–Kier alpha value is -2.62. The van der Waals surface area contributed by atoms with Gasteiger partial charge in [0.2, 0.25) is 0 Å². The van der Waals surface area contributed by atoms with Crippen LogP contribution in [0.25, 0.3) is 0 Å². The molecule has 0 spiro atoms. The molecule has 0 radical (unpaired) electrons. The molecule has 0 atom stereocenters. The highest BCUT2D eigenvalue weighted by atomic mass is 16.6. The van der Waals surface area contributed by atoms with Crippen molar-refractivity contribution in [2.45, 2.75) is 13.0 Å². The summed E-state index contributed by atoms with van der Waals surface area (Å²) in [5.41, 5.74) is 2.13. The number of esters is 2. The normalized spacial score (nSPS) is 13.6. The molecule has 1 aliphatic rings. The van der Waals surface area contributed by atoms with Crippen molar-refractivity contribution in [3.8, 4) is 5.75 Å². The number of hydrogen-bond acceptors (Lipinski definition) is 4. The Balaban J connectivity index is 1.77. The maximum Gasteiger partial charge on any atom is 0.346 e. The van der Waals surface area contributed by atoms with E-state index in [1.165, 1.54) is 0 Å². The van der Waals surface area contributed by atoms with Crippen LogP contribution in [0.1, 0.15) is 21.5 Å². The molecule has 2 aromatic carbocycles. The lowest BCUT2D eigenvalue weighted by molar-refractivity contribution is -0.137. The van der Waals surface area contributed by atoms with Gasteiger partial charge in [0.05, 0.1) is 12.0 Å². The van der Waals surface area contributed by atoms with E-state index in [1.54, 1.807) is 18.2 Å². The van der Waals surface area contributed by atoms with Crippen molar-refractivity contribution < 1.29 is 19.1 Å². The Morgan fingerprint density at radius 1 is 1.05 bits per heavy atom. The standard InChI is InChI=1S/C16H12O4/c17-15-9-12-8-13(6-7-14(12)16(18)20-15)19-10-11-4-2-1-3-5-11/h1-8H,9-10H2. The number of ether oxygens (including phenoxy) is 2. The molecule has 0 saturated carbocycles. The number of cyclic esters (lactones) is 2. The van der Waals surface area contributed by atoms with Crippen molar-refractivity contribution in [1.82, 2.24) is 0 Å². The molecule has 0 N–H and O–H groups in total. The fourth-order valence-electron chi connectivity index (χ4n) is 2.10. The van der Waals surface area contributed by atoms with E-state index in [1.807, 2.05) is 30.3 Å². The lowest BCUT2D eigenvalue weighted by Gasteiger charge is -2.15. The van der Waals surface area contributed by atoms with Gasteiger partial charge in [0, 0.05) is 0 Å². The molecule has 1 heterocycles. The van der Waals surface area contributed by atoms with Crippen LogP contribution in [0.15, 0.2) is 48.5 Å². The van der Waals surface area contributed by atoms with Crippen LogP contribution in [0.4, 0.5) is 0 Å². The van der Waals surface area contributed by atoms with Gasteiger partial charge < -0.3 is 9.47 Å². The van der Waals surface area contributed by atoms with Gasteiger partial charge in [-0.05, 0) is 29.3 Å². The summed E-state index contributed by atoms with van der Waals surface area (Å²) in [6.07, 6.45) is 0.101. The average Bonchev–Trinajstić information content (AvgIpc) is 2.45. The van der Waals surface area contributed by atoms with E-state index in [9.17, 15) is 9.59 Å². The minimum Gasteiger partial charge on any atom is -0.489 e. The summed E-state index contributed by atoms with van der Waals surface area (Å²) in [5, 5.41) is 0. The lowest BCUT2D eigenvalue weighted by atomic mass is 10.0. The fourth-order valence-corrected chi connectivity index (χ4v) is 2.10. The topological polar surface area (TPSA) is 52.6 Å². The summed E-state index contributed by atoms with van der Waals surface area (Å²) in [7, 11) is 0. The Morgan fingerprint density at radius 3 is 2.65 bits per heavy atom. The largest absolute Gasteiger partial charge is 0.489 e. The van der Waals surface area contributed by atoms with Crippen LogP contribution in [0, 0.1) is 0 Å². The van der Waals surface area contributed by atoms with Crippen LogP contribution in [0.5, 0.6) is 5.75 Å². The lowest BCUT2D eigenvalue weighted by Crippen LogP contribution is -2.22. The molecule has 1 aliphatic heterocycles. The average molecular weight is 268 g/mol. The van der Waals surface area contributed by atoms with Crippen LogP contribution < -0.4 is 4.74 Å². The number of fused-ring (bicyclic) bond motifs is 1. The van der Waals surface area contributed by atoms with E-state index in [2.05, 4.69) is 4.74 Å². The summed E-state index contributed by atoms with van der Waals surface area (Å²) in [4.78, 5) is 22.7. The molecule has 3 rings (SSSR count). The van der Waals surface area contributed by atoms with Gasteiger partial charge in [0.15, 0.2) is 0 Å². The molecule has 0 bridgehead atoms. The van der Waals surface area contributed by atoms with Crippen LogP contribution >= 0.6 is 0 Å². The summed E-state index contributed by atoms with van der Waals surface area (Å²) >= 11 is 0. The van der Waals surface area contributed by atoms with Gasteiger partial charge in [-0.2, -0.15) is 0 Å². The van der Waals surface area contributed by atoms with Crippen LogP contribution in [0.3, 0.4) is 0 Å². The van der Waals surface area contributed by atoms with E-state index < -0.39 is 11.9 Å². The molecule has 4 heteroatoms. The third-order valence-electron chi connectivity index (χ3n) is 3.09. The van der Waals surface area contributed by atoms with Gasteiger partial charge in [-0.15, -0.1) is 0 Å². The smallest absolute Gasteiger partial charge is 0.346 e. The molecule has 0 fully saturated rings. The quantitative estimate of drug-likeness (QED) is 0.634. The molecule has 0 aromatic heterocycles. The maximum atomic E-state index is 11.5. The van der Waals surface area contributed by atoms with Gasteiger partial charge in [0.1, 0.15) is 12.4 Å². The SMILES string of the molecule is O=C1Cc2cc(OCc3ccccc3)ccc2C(=O)O1. The Labute approximate surface area is 115 Å². The molecule has 20 heavy (non-hydrogen) atoms. The first-order valence-electron chi connectivity index (χ1n) is 6.27. The van der Waals surface area contributed by atoms with Crippen molar-refractivity contribution in [1.29, 1.82) is 0 Å². The van der Waals surface area contributed by atoms with Gasteiger partial charge in [-0.1, -0.05) is 30.3 Å². The zero-order chi connectivity index (χ0) is 13.9. The summed E-state index contributed by atoms with van der Waals surface area (Å²) < 4.78 is 10.2. The molecular weight excluding hydrogens is 256 g/mol. The predicted octanol–water partition coefficient (Wildman–Crippen LogP) is 2.51. The highest BCUT2D eigenvalue weighted by Crippen LogP contribution is 2.23. The second-order valence-electron chi connectivity index (χ2n) is 4.53. The maximum absolute atomic E-state index is 11.5. The van der Waals surface area contributed by atoms with Crippen LogP contribution in [0.2, 0.25) is 0 Å².